The van der Waals surface area contributed by atoms with Crippen LogP contribution in [0.2, 0.25) is 0 Å². The molecule has 0 atom stereocenters. The fourth-order valence-corrected chi connectivity index (χ4v) is 2.28. The van der Waals surface area contributed by atoms with Crippen LogP contribution in [-0.4, -0.2) is 20.7 Å². The van der Waals surface area contributed by atoms with Crippen LogP contribution in [0.15, 0.2) is 54.9 Å². The quantitative estimate of drug-likeness (QED) is 0.784. The van der Waals surface area contributed by atoms with Gasteiger partial charge in [-0.3, -0.25) is 9.78 Å². The predicted molar refractivity (Wildman–Crippen MR) is 85.5 cm³/mol. The van der Waals surface area contributed by atoms with E-state index >= 15 is 0 Å². The van der Waals surface area contributed by atoms with Crippen molar-refractivity contribution in [3.8, 4) is 5.69 Å². The van der Waals surface area contributed by atoms with E-state index < -0.39 is 17.6 Å². The van der Waals surface area contributed by atoms with E-state index in [1.165, 1.54) is 29.2 Å². The number of carbonyl (C=O) groups excluding carboxylic acids is 1. The van der Waals surface area contributed by atoms with Crippen LogP contribution in [-0.2, 0) is 6.18 Å². The maximum absolute atomic E-state index is 12.9. The number of amides is 1. The Hall–Kier alpha value is -3.16. The number of nitrogens with one attached hydrogen (secondary N) is 1. The average Bonchev–Trinajstić information content (AvgIpc) is 2.95. The van der Waals surface area contributed by atoms with Gasteiger partial charge in [0, 0.05) is 18.5 Å². The summed E-state index contributed by atoms with van der Waals surface area (Å²) in [5, 5.41) is 6.81. The highest BCUT2D eigenvalue weighted by Crippen LogP contribution is 2.31. The third kappa shape index (κ3) is 3.68. The van der Waals surface area contributed by atoms with Crippen LogP contribution in [0.4, 0.5) is 19.0 Å². The van der Waals surface area contributed by atoms with E-state index in [0.717, 1.165) is 12.1 Å². The van der Waals surface area contributed by atoms with Crippen molar-refractivity contribution in [3.63, 3.8) is 0 Å². The molecule has 0 aliphatic carbocycles. The highest BCUT2D eigenvalue weighted by atomic mass is 19.4. The van der Waals surface area contributed by atoms with E-state index in [2.05, 4.69) is 15.4 Å². The first-order valence-corrected chi connectivity index (χ1v) is 7.30. The summed E-state index contributed by atoms with van der Waals surface area (Å²) in [6, 6.07) is 9.52. The Morgan fingerprint density at radius 2 is 1.96 bits per heavy atom. The molecule has 0 fully saturated rings. The minimum atomic E-state index is -4.46. The first-order chi connectivity index (χ1) is 11.8. The number of aromatic nitrogens is 3. The Labute approximate surface area is 141 Å². The predicted octanol–water partition coefficient (Wildman–Crippen LogP) is 3.85. The fraction of sp³-hybridized carbons (Fsp3) is 0.118. The number of carbonyl (C=O) groups is 1. The fourth-order valence-electron chi connectivity index (χ4n) is 2.28. The number of aryl methyl sites for hydroxylation is 1. The van der Waals surface area contributed by atoms with Gasteiger partial charge in [0.2, 0.25) is 0 Å². The number of rotatable bonds is 3. The summed E-state index contributed by atoms with van der Waals surface area (Å²) in [7, 11) is 0. The standard InChI is InChI=1S/C17H13F3N4O/c1-11-8-15(22-16(25)12-4-3-7-21-10-12)24(23-11)14-6-2-5-13(9-14)17(18,19)20/h2-10H,1H3,(H,22,25). The molecule has 0 spiro atoms. The third-order valence-corrected chi connectivity index (χ3v) is 3.41. The molecule has 1 amide bonds. The molecule has 2 aromatic heterocycles. The highest BCUT2D eigenvalue weighted by molar-refractivity contribution is 6.03. The van der Waals surface area contributed by atoms with E-state index in [0.29, 0.717) is 11.3 Å². The zero-order valence-electron chi connectivity index (χ0n) is 13.1. The van der Waals surface area contributed by atoms with Crippen molar-refractivity contribution in [2.45, 2.75) is 13.1 Å². The van der Waals surface area contributed by atoms with E-state index in [-0.39, 0.29) is 11.5 Å². The highest BCUT2D eigenvalue weighted by Gasteiger charge is 2.30. The molecule has 0 aliphatic heterocycles. The molecule has 0 radical (unpaired) electrons. The lowest BCUT2D eigenvalue weighted by Gasteiger charge is -2.11. The van der Waals surface area contributed by atoms with E-state index in [9.17, 15) is 18.0 Å². The van der Waals surface area contributed by atoms with Gasteiger partial charge in [-0.15, -0.1) is 0 Å². The van der Waals surface area contributed by atoms with Crippen molar-refractivity contribution in [1.29, 1.82) is 0 Å². The van der Waals surface area contributed by atoms with Gasteiger partial charge in [0.05, 0.1) is 22.5 Å². The number of halogens is 3. The Bertz CT molecular complexity index is 904. The van der Waals surface area contributed by atoms with Crippen molar-refractivity contribution < 1.29 is 18.0 Å². The number of hydrogen-bond acceptors (Lipinski definition) is 3. The minimum absolute atomic E-state index is 0.199. The molecule has 0 unspecified atom stereocenters. The van der Waals surface area contributed by atoms with Gasteiger partial charge < -0.3 is 5.32 Å². The van der Waals surface area contributed by atoms with E-state index in [4.69, 9.17) is 0 Å². The second-order valence-electron chi connectivity index (χ2n) is 5.33. The maximum atomic E-state index is 12.9. The van der Waals surface area contributed by atoms with Gasteiger partial charge in [-0.25, -0.2) is 4.68 Å². The average molecular weight is 346 g/mol. The van der Waals surface area contributed by atoms with E-state index in [1.54, 1.807) is 25.1 Å². The first kappa shape index (κ1) is 16.7. The molecule has 2 heterocycles. The van der Waals surface area contributed by atoms with Crippen molar-refractivity contribution >= 4 is 11.7 Å². The zero-order valence-corrected chi connectivity index (χ0v) is 13.1. The van der Waals surface area contributed by atoms with Crippen LogP contribution in [0.3, 0.4) is 0 Å². The normalized spacial score (nSPS) is 11.4. The van der Waals surface area contributed by atoms with Gasteiger partial charge in [0.15, 0.2) is 0 Å². The van der Waals surface area contributed by atoms with Gasteiger partial charge in [0.1, 0.15) is 5.82 Å². The number of anilines is 1. The molecule has 3 aromatic rings. The van der Waals surface area contributed by atoms with Crippen molar-refractivity contribution in [2.24, 2.45) is 0 Å². The lowest BCUT2D eigenvalue weighted by atomic mass is 10.2. The van der Waals surface area contributed by atoms with Gasteiger partial charge >= 0.3 is 6.18 Å². The van der Waals surface area contributed by atoms with Crippen molar-refractivity contribution in [1.82, 2.24) is 14.8 Å². The van der Waals surface area contributed by atoms with Gasteiger partial charge in [-0.1, -0.05) is 6.07 Å². The Kier molecular flexibility index (Phi) is 4.26. The number of benzene rings is 1. The molecule has 0 saturated carbocycles. The lowest BCUT2D eigenvalue weighted by molar-refractivity contribution is -0.137. The Morgan fingerprint density at radius 3 is 2.64 bits per heavy atom. The van der Waals surface area contributed by atoms with Crippen LogP contribution >= 0.6 is 0 Å². The summed E-state index contributed by atoms with van der Waals surface area (Å²) in [5.41, 5.74) is 0.294. The Morgan fingerprint density at radius 1 is 1.16 bits per heavy atom. The monoisotopic (exact) mass is 346 g/mol. The third-order valence-electron chi connectivity index (χ3n) is 3.41. The summed E-state index contributed by atoms with van der Waals surface area (Å²) >= 11 is 0. The number of hydrogen-bond donors (Lipinski definition) is 1. The molecule has 1 N–H and O–H groups in total. The van der Waals surface area contributed by atoms with Crippen molar-refractivity contribution in [2.75, 3.05) is 5.32 Å². The van der Waals surface area contributed by atoms with Crippen molar-refractivity contribution in [3.05, 3.63) is 71.7 Å². The van der Waals surface area contributed by atoms with Gasteiger partial charge in [0.25, 0.3) is 5.91 Å². The van der Waals surface area contributed by atoms with Crippen LogP contribution < -0.4 is 5.32 Å². The molecule has 1 aromatic carbocycles. The molecule has 0 bridgehead atoms. The van der Waals surface area contributed by atoms with Crippen LogP contribution in [0.1, 0.15) is 21.6 Å². The topological polar surface area (TPSA) is 59.8 Å². The largest absolute Gasteiger partial charge is 0.416 e. The SMILES string of the molecule is Cc1cc(NC(=O)c2cccnc2)n(-c2cccc(C(F)(F)F)c2)n1. The number of pyridine rings is 1. The summed E-state index contributed by atoms with van der Waals surface area (Å²) < 4.78 is 40.0. The molecule has 25 heavy (non-hydrogen) atoms. The minimum Gasteiger partial charge on any atom is -0.306 e. The summed E-state index contributed by atoms with van der Waals surface area (Å²) in [6.45, 7) is 1.68. The molecule has 5 nitrogen and oxygen atoms in total. The Balaban J connectivity index is 1.96. The molecular weight excluding hydrogens is 333 g/mol. The van der Waals surface area contributed by atoms with Crippen LogP contribution in [0.5, 0.6) is 0 Å². The van der Waals surface area contributed by atoms with Crippen LogP contribution in [0.25, 0.3) is 5.69 Å². The molecule has 8 heteroatoms. The molecule has 0 aliphatic rings. The summed E-state index contributed by atoms with van der Waals surface area (Å²) in [6.07, 6.45) is -1.53. The smallest absolute Gasteiger partial charge is 0.306 e. The molecule has 0 saturated heterocycles. The first-order valence-electron chi connectivity index (χ1n) is 7.30. The summed E-state index contributed by atoms with van der Waals surface area (Å²) in [5.74, 6) is -0.160. The zero-order chi connectivity index (χ0) is 18.0. The lowest BCUT2D eigenvalue weighted by Crippen LogP contribution is -2.15. The summed E-state index contributed by atoms with van der Waals surface area (Å²) in [4.78, 5) is 16.1. The van der Waals surface area contributed by atoms with E-state index in [1.807, 2.05) is 0 Å². The number of nitrogens with zero attached hydrogens (tertiary/aromatic N) is 3. The molecule has 128 valence electrons. The molecule has 3 rings (SSSR count). The maximum Gasteiger partial charge on any atom is 0.416 e. The number of alkyl halides is 3. The van der Waals surface area contributed by atoms with Gasteiger partial charge in [-0.05, 0) is 37.3 Å². The second kappa shape index (κ2) is 6.39. The second-order valence-corrected chi connectivity index (χ2v) is 5.33. The van der Waals surface area contributed by atoms with Gasteiger partial charge in [-0.2, -0.15) is 18.3 Å². The van der Waals surface area contributed by atoms with Crippen LogP contribution in [0, 0.1) is 6.92 Å². The molecular formula is C17H13F3N4O.